The Labute approximate surface area is 211 Å². The molecule has 7 nitrogen and oxygen atoms in total. The second-order valence-corrected chi connectivity index (χ2v) is 11.0. The van der Waals surface area contributed by atoms with Gasteiger partial charge in [-0.3, -0.25) is 9.59 Å². The Morgan fingerprint density at radius 2 is 1.71 bits per heavy atom. The maximum Gasteiger partial charge on any atom is 0.255 e. The number of sulfonamides is 1. The van der Waals surface area contributed by atoms with Gasteiger partial charge in [-0.05, 0) is 56.5 Å². The lowest BCUT2D eigenvalue weighted by atomic mass is 9.97. The van der Waals surface area contributed by atoms with Crippen molar-refractivity contribution in [3.05, 3.63) is 63.6 Å². The average molecular weight is 526 g/mol. The molecule has 1 aliphatic rings. The molecule has 10 heteroatoms. The topological polar surface area (TPSA) is 86.8 Å². The smallest absolute Gasteiger partial charge is 0.255 e. The molecule has 2 aromatic carbocycles. The molecule has 1 saturated heterocycles. The Bertz CT molecular complexity index is 1140. The van der Waals surface area contributed by atoms with Gasteiger partial charge in [-0.2, -0.15) is 0 Å². The van der Waals surface area contributed by atoms with Gasteiger partial charge in [-0.25, -0.2) is 12.7 Å². The summed E-state index contributed by atoms with van der Waals surface area (Å²) in [6.45, 7) is 5.45. The molecule has 1 N–H and O–H groups in total. The van der Waals surface area contributed by atoms with Crippen LogP contribution in [0.2, 0.25) is 10.0 Å². The zero-order chi connectivity index (χ0) is 24.9. The molecule has 0 unspecified atom stereocenters. The first-order valence-corrected chi connectivity index (χ1v) is 13.6. The van der Waals surface area contributed by atoms with E-state index in [0.717, 1.165) is 0 Å². The Balaban J connectivity index is 1.63. The number of amides is 2. The van der Waals surface area contributed by atoms with E-state index in [4.69, 9.17) is 23.2 Å². The molecule has 0 bridgehead atoms. The van der Waals surface area contributed by atoms with E-state index in [1.165, 1.54) is 10.4 Å². The highest BCUT2D eigenvalue weighted by Crippen LogP contribution is 2.27. The van der Waals surface area contributed by atoms with Gasteiger partial charge in [-0.1, -0.05) is 41.4 Å². The first-order chi connectivity index (χ1) is 16.2. The van der Waals surface area contributed by atoms with Crippen molar-refractivity contribution >= 4 is 50.7 Å². The van der Waals surface area contributed by atoms with E-state index in [-0.39, 0.29) is 36.6 Å². The van der Waals surface area contributed by atoms with Crippen molar-refractivity contribution in [3.8, 4) is 0 Å². The molecule has 0 aromatic heterocycles. The van der Waals surface area contributed by atoms with Crippen LogP contribution in [-0.2, 0) is 20.6 Å². The minimum Gasteiger partial charge on any atom is -0.339 e. The second kappa shape index (κ2) is 11.5. The Morgan fingerprint density at radius 1 is 1.06 bits per heavy atom. The number of rotatable bonds is 8. The number of para-hydroxylation sites is 1. The third kappa shape index (κ3) is 6.30. The summed E-state index contributed by atoms with van der Waals surface area (Å²) in [6, 6.07) is 11.7. The summed E-state index contributed by atoms with van der Waals surface area (Å²) in [4.78, 5) is 27.5. The highest BCUT2D eigenvalue weighted by Gasteiger charge is 2.32. The van der Waals surface area contributed by atoms with Crippen LogP contribution in [0.5, 0.6) is 0 Å². The van der Waals surface area contributed by atoms with Crippen LogP contribution >= 0.6 is 23.2 Å². The first kappa shape index (κ1) is 26.5. The number of hydrogen-bond donors (Lipinski definition) is 1. The van der Waals surface area contributed by atoms with Crippen LogP contribution in [0.1, 0.15) is 42.6 Å². The third-order valence-corrected chi connectivity index (χ3v) is 8.45. The highest BCUT2D eigenvalue weighted by molar-refractivity contribution is 7.88. The quantitative estimate of drug-likeness (QED) is 0.543. The molecule has 0 atom stereocenters. The van der Waals surface area contributed by atoms with Crippen LogP contribution in [0.25, 0.3) is 0 Å². The first-order valence-electron chi connectivity index (χ1n) is 11.3. The van der Waals surface area contributed by atoms with Crippen molar-refractivity contribution in [2.45, 2.75) is 32.4 Å². The van der Waals surface area contributed by atoms with Crippen LogP contribution in [0.4, 0.5) is 5.69 Å². The number of piperidine rings is 1. The normalized spacial score (nSPS) is 15.2. The number of halogens is 2. The van der Waals surface area contributed by atoms with Gasteiger partial charge in [0, 0.05) is 42.1 Å². The average Bonchev–Trinajstić information content (AvgIpc) is 2.82. The Hall–Kier alpha value is -2.13. The molecule has 0 aliphatic carbocycles. The number of hydrogen-bond acceptors (Lipinski definition) is 4. The fraction of sp³-hybridized carbons (Fsp3) is 0.417. The van der Waals surface area contributed by atoms with E-state index in [1.807, 2.05) is 13.8 Å². The summed E-state index contributed by atoms with van der Waals surface area (Å²) in [7, 11) is -3.59. The van der Waals surface area contributed by atoms with E-state index >= 15 is 0 Å². The van der Waals surface area contributed by atoms with Crippen molar-refractivity contribution in [1.29, 1.82) is 0 Å². The van der Waals surface area contributed by atoms with E-state index < -0.39 is 10.0 Å². The number of carbonyl (C=O) groups is 2. The Kier molecular flexibility index (Phi) is 8.98. The molecule has 0 radical (unpaired) electrons. The fourth-order valence-corrected chi connectivity index (χ4v) is 6.17. The Morgan fingerprint density at radius 3 is 2.32 bits per heavy atom. The maximum atomic E-state index is 12.9. The van der Waals surface area contributed by atoms with Crippen molar-refractivity contribution in [3.63, 3.8) is 0 Å². The molecule has 1 aliphatic heterocycles. The predicted octanol–water partition coefficient (Wildman–Crippen LogP) is 4.66. The molecule has 2 aromatic rings. The largest absolute Gasteiger partial charge is 0.339 e. The lowest BCUT2D eigenvalue weighted by molar-refractivity contribution is -0.120. The molecular weight excluding hydrogens is 497 g/mol. The summed E-state index contributed by atoms with van der Waals surface area (Å²) in [5, 5.41) is 3.64. The molecule has 3 rings (SSSR count). The highest BCUT2D eigenvalue weighted by atomic mass is 35.5. The second-order valence-electron chi connectivity index (χ2n) is 8.18. The van der Waals surface area contributed by atoms with Gasteiger partial charge >= 0.3 is 0 Å². The molecular formula is C24H29Cl2N3O4S. The third-order valence-electron chi connectivity index (χ3n) is 6.04. The van der Waals surface area contributed by atoms with E-state index in [0.29, 0.717) is 52.8 Å². The monoisotopic (exact) mass is 525 g/mol. The molecule has 184 valence electrons. The number of nitrogens with zero attached hydrogens (tertiary/aromatic N) is 2. The summed E-state index contributed by atoms with van der Waals surface area (Å²) in [5.74, 6) is -0.914. The standard InChI is InChI=1S/C24H29Cl2N3O4S/c1-3-28(4-2)24(31)20-7-5-6-8-22(20)27-23(30)17-11-13-29(14-12-17)34(32,33)16-18-9-10-19(25)15-21(18)26/h5-10,15,17H,3-4,11-14,16H2,1-2H3,(H,27,30). The molecule has 2 amide bonds. The van der Waals surface area contributed by atoms with Gasteiger partial charge < -0.3 is 10.2 Å². The molecule has 1 heterocycles. The summed E-state index contributed by atoms with van der Waals surface area (Å²) in [6.07, 6.45) is 0.789. The fourth-order valence-electron chi connectivity index (χ4n) is 4.02. The van der Waals surface area contributed by atoms with Gasteiger partial charge in [0.25, 0.3) is 5.91 Å². The number of nitrogens with one attached hydrogen (secondary N) is 1. The number of benzene rings is 2. The van der Waals surface area contributed by atoms with Gasteiger partial charge in [0.1, 0.15) is 0 Å². The van der Waals surface area contributed by atoms with E-state index in [2.05, 4.69) is 5.32 Å². The molecule has 0 spiro atoms. The van der Waals surface area contributed by atoms with Crippen LogP contribution in [0.15, 0.2) is 42.5 Å². The summed E-state index contributed by atoms with van der Waals surface area (Å²) < 4.78 is 27.2. The summed E-state index contributed by atoms with van der Waals surface area (Å²) in [5.41, 5.74) is 1.40. The van der Waals surface area contributed by atoms with Gasteiger partial charge in [0.2, 0.25) is 15.9 Å². The minimum absolute atomic E-state index is 0.136. The van der Waals surface area contributed by atoms with Crippen LogP contribution in [-0.4, -0.2) is 55.6 Å². The molecule has 1 fully saturated rings. The van der Waals surface area contributed by atoms with Gasteiger partial charge in [0.05, 0.1) is 17.0 Å². The van der Waals surface area contributed by atoms with Crippen molar-refractivity contribution in [2.75, 3.05) is 31.5 Å². The van der Waals surface area contributed by atoms with Crippen LogP contribution < -0.4 is 5.32 Å². The van der Waals surface area contributed by atoms with Crippen LogP contribution in [0, 0.1) is 5.92 Å². The molecule has 0 saturated carbocycles. The van der Waals surface area contributed by atoms with Gasteiger partial charge in [-0.15, -0.1) is 0 Å². The van der Waals surface area contributed by atoms with Crippen molar-refractivity contribution in [2.24, 2.45) is 5.92 Å². The lowest BCUT2D eigenvalue weighted by Gasteiger charge is -2.31. The maximum absolute atomic E-state index is 12.9. The molecule has 34 heavy (non-hydrogen) atoms. The zero-order valence-corrected chi connectivity index (χ0v) is 21.6. The van der Waals surface area contributed by atoms with E-state index in [1.54, 1.807) is 41.3 Å². The summed E-state index contributed by atoms with van der Waals surface area (Å²) >= 11 is 12.0. The number of carbonyl (C=O) groups excluding carboxylic acids is 2. The van der Waals surface area contributed by atoms with Crippen LogP contribution in [0.3, 0.4) is 0 Å². The number of anilines is 1. The zero-order valence-electron chi connectivity index (χ0n) is 19.3. The minimum atomic E-state index is -3.59. The lowest BCUT2D eigenvalue weighted by Crippen LogP contribution is -2.42. The van der Waals surface area contributed by atoms with E-state index in [9.17, 15) is 18.0 Å². The van der Waals surface area contributed by atoms with Gasteiger partial charge in [0.15, 0.2) is 0 Å². The van der Waals surface area contributed by atoms with Crippen molar-refractivity contribution < 1.29 is 18.0 Å². The SMILES string of the molecule is CCN(CC)C(=O)c1ccccc1NC(=O)C1CCN(S(=O)(=O)Cc2ccc(Cl)cc2Cl)CC1. The predicted molar refractivity (Wildman–Crippen MR) is 136 cm³/mol. The van der Waals surface area contributed by atoms with Crippen molar-refractivity contribution in [1.82, 2.24) is 9.21 Å².